The van der Waals surface area contributed by atoms with Gasteiger partial charge in [0.15, 0.2) is 11.5 Å². The minimum Gasteiger partial charge on any atom is -0.493 e. The smallest absolute Gasteiger partial charge is 0.261 e. The number of aromatic nitrogens is 4. The van der Waals surface area contributed by atoms with Crippen molar-refractivity contribution in [2.24, 2.45) is 0 Å². The van der Waals surface area contributed by atoms with Crippen molar-refractivity contribution in [3.8, 4) is 17.2 Å². The van der Waals surface area contributed by atoms with Crippen LogP contribution in [0.5, 0.6) is 17.2 Å². The van der Waals surface area contributed by atoms with Crippen LogP contribution in [0.3, 0.4) is 0 Å². The molecule has 8 nitrogen and oxygen atoms in total. The van der Waals surface area contributed by atoms with Crippen molar-refractivity contribution >= 4 is 10.9 Å². The molecule has 0 N–H and O–H groups in total. The molecule has 0 aliphatic rings. The maximum Gasteiger partial charge on any atom is 0.261 e. The summed E-state index contributed by atoms with van der Waals surface area (Å²) in [6.45, 7) is 3.19. The lowest BCUT2D eigenvalue weighted by Crippen LogP contribution is -2.22. The minimum atomic E-state index is -0.187. The van der Waals surface area contributed by atoms with Gasteiger partial charge in [0.1, 0.15) is 5.52 Å². The van der Waals surface area contributed by atoms with E-state index in [2.05, 4.69) is 9.97 Å². The monoisotopic (exact) mass is 344 g/mol. The molecule has 132 valence electrons. The third-order valence-electron chi connectivity index (χ3n) is 4.09. The Labute approximate surface area is 144 Å². The molecule has 0 atom stereocenters. The molecule has 3 rings (SSSR count). The van der Waals surface area contributed by atoms with Crippen molar-refractivity contribution in [1.82, 2.24) is 19.1 Å². The van der Waals surface area contributed by atoms with Gasteiger partial charge >= 0.3 is 0 Å². The van der Waals surface area contributed by atoms with Crippen LogP contribution < -0.4 is 19.8 Å². The fraction of sp³-hybridized carbons (Fsp3) is 0.353. The number of hydrogen-bond donors (Lipinski definition) is 0. The van der Waals surface area contributed by atoms with Crippen molar-refractivity contribution < 1.29 is 14.2 Å². The number of aryl methyl sites for hydroxylation is 1. The van der Waals surface area contributed by atoms with Gasteiger partial charge in [0, 0.05) is 12.7 Å². The van der Waals surface area contributed by atoms with Crippen molar-refractivity contribution in [2.45, 2.75) is 20.0 Å². The van der Waals surface area contributed by atoms with E-state index < -0.39 is 0 Å². The number of imidazole rings is 1. The van der Waals surface area contributed by atoms with Crippen molar-refractivity contribution in [3.63, 3.8) is 0 Å². The highest BCUT2D eigenvalue weighted by molar-refractivity contribution is 5.89. The van der Waals surface area contributed by atoms with E-state index in [9.17, 15) is 4.79 Å². The highest BCUT2D eigenvalue weighted by atomic mass is 16.5. The molecule has 0 fully saturated rings. The Kier molecular flexibility index (Phi) is 4.60. The number of benzene rings is 1. The molecule has 0 saturated carbocycles. The topological polar surface area (TPSA) is 80.4 Å². The molecule has 2 heterocycles. The minimum absolute atomic E-state index is 0.187. The van der Waals surface area contributed by atoms with Gasteiger partial charge in [-0.05, 0) is 13.0 Å². The lowest BCUT2D eigenvalue weighted by Gasteiger charge is -2.15. The normalized spacial score (nSPS) is 10.9. The first-order valence-electron chi connectivity index (χ1n) is 7.81. The van der Waals surface area contributed by atoms with Crippen LogP contribution >= 0.6 is 0 Å². The van der Waals surface area contributed by atoms with Crippen LogP contribution in [0, 0.1) is 0 Å². The molecule has 3 aromatic rings. The summed E-state index contributed by atoms with van der Waals surface area (Å²) in [7, 11) is 4.53. The van der Waals surface area contributed by atoms with E-state index >= 15 is 0 Å². The number of hydrogen-bond acceptors (Lipinski definition) is 6. The second-order valence-electron chi connectivity index (χ2n) is 5.39. The highest BCUT2D eigenvalue weighted by Crippen LogP contribution is 2.41. The third kappa shape index (κ3) is 2.79. The first-order chi connectivity index (χ1) is 12.1. The predicted molar refractivity (Wildman–Crippen MR) is 92.7 cm³/mol. The molecule has 0 bridgehead atoms. The largest absolute Gasteiger partial charge is 0.493 e. The molecule has 25 heavy (non-hydrogen) atoms. The highest BCUT2D eigenvalue weighted by Gasteiger charge is 2.19. The van der Waals surface area contributed by atoms with E-state index in [1.807, 2.05) is 11.5 Å². The summed E-state index contributed by atoms with van der Waals surface area (Å²) in [5.74, 6) is 1.20. The molecule has 0 amide bonds. The predicted octanol–water partition coefficient (Wildman–Crippen LogP) is 1.69. The Morgan fingerprint density at radius 3 is 2.44 bits per heavy atom. The fourth-order valence-electron chi connectivity index (χ4n) is 2.82. The van der Waals surface area contributed by atoms with Crippen LogP contribution in [0.15, 0.2) is 29.7 Å². The van der Waals surface area contributed by atoms with Gasteiger partial charge in [-0.1, -0.05) is 0 Å². The molecule has 2 aromatic heterocycles. The van der Waals surface area contributed by atoms with Gasteiger partial charge < -0.3 is 18.8 Å². The quantitative estimate of drug-likeness (QED) is 0.677. The van der Waals surface area contributed by atoms with E-state index in [1.165, 1.54) is 32.2 Å². The Balaban J connectivity index is 2.18. The maximum atomic E-state index is 12.9. The molecule has 0 unspecified atom stereocenters. The van der Waals surface area contributed by atoms with Crippen LogP contribution in [-0.2, 0) is 13.1 Å². The lowest BCUT2D eigenvalue weighted by atomic mass is 10.2. The summed E-state index contributed by atoms with van der Waals surface area (Å²) in [5, 5.41) is 0.402. The van der Waals surface area contributed by atoms with Gasteiger partial charge in [-0.25, -0.2) is 9.97 Å². The lowest BCUT2D eigenvalue weighted by molar-refractivity contribution is 0.326. The van der Waals surface area contributed by atoms with Crippen molar-refractivity contribution in [2.75, 3.05) is 21.3 Å². The van der Waals surface area contributed by atoms with E-state index in [0.717, 1.165) is 12.2 Å². The molecule has 0 aliphatic heterocycles. The number of rotatable bonds is 6. The Morgan fingerprint density at radius 2 is 1.80 bits per heavy atom. The standard InChI is InChI=1S/C17H20N4O4/c1-5-20-9-18-7-11(20)8-21-10-19-14-12(17(21)22)6-13(23-2)15(24-3)16(14)25-4/h6-7,9-10H,5,8H2,1-4H3. The SMILES string of the molecule is CCn1cncc1Cn1cnc2c(OC)c(OC)c(OC)cc2c1=O. The molecule has 0 spiro atoms. The zero-order chi connectivity index (χ0) is 18.0. The molecule has 0 aliphatic carbocycles. The summed E-state index contributed by atoms with van der Waals surface area (Å²) < 4.78 is 19.6. The Morgan fingerprint density at radius 1 is 1.04 bits per heavy atom. The number of fused-ring (bicyclic) bond motifs is 1. The number of ether oxygens (including phenoxy) is 3. The molecule has 0 radical (unpaired) electrons. The molecule has 1 aromatic carbocycles. The van der Waals surface area contributed by atoms with Crippen LogP contribution in [0.1, 0.15) is 12.6 Å². The van der Waals surface area contributed by atoms with Crippen LogP contribution in [0.25, 0.3) is 10.9 Å². The molecule has 8 heteroatoms. The summed E-state index contributed by atoms with van der Waals surface area (Å²) in [6.07, 6.45) is 4.99. The van der Waals surface area contributed by atoms with E-state index in [4.69, 9.17) is 14.2 Å². The second-order valence-corrected chi connectivity index (χ2v) is 5.39. The van der Waals surface area contributed by atoms with E-state index in [0.29, 0.717) is 34.7 Å². The second kappa shape index (κ2) is 6.84. The van der Waals surface area contributed by atoms with Gasteiger partial charge in [-0.15, -0.1) is 0 Å². The summed E-state index contributed by atoms with van der Waals surface area (Å²) in [6, 6.07) is 1.62. The Bertz CT molecular complexity index is 961. The fourth-order valence-corrected chi connectivity index (χ4v) is 2.82. The number of methoxy groups -OCH3 is 3. The van der Waals surface area contributed by atoms with Gasteiger partial charge in [0.05, 0.1) is 51.6 Å². The summed E-state index contributed by atoms with van der Waals surface area (Å²) in [5.41, 5.74) is 1.18. The summed E-state index contributed by atoms with van der Waals surface area (Å²) in [4.78, 5) is 21.5. The van der Waals surface area contributed by atoms with E-state index in [1.54, 1.807) is 18.6 Å². The van der Waals surface area contributed by atoms with Gasteiger partial charge in [-0.2, -0.15) is 0 Å². The summed E-state index contributed by atoms with van der Waals surface area (Å²) >= 11 is 0. The van der Waals surface area contributed by atoms with Crippen molar-refractivity contribution in [1.29, 1.82) is 0 Å². The maximum absolute atomic E-state index is 12.9. The van der Waals surface area contributed by atoms with Gasteiger partial charge in [-0.3, -0.25) is 9.36 Å². The number of nitrogens with zero attached hydrogens (tertiary/aromatic N) is 4. The molecular weight excluding hydrogens is 324 g/mol. The first kappa shape index (κ1) is 16.8. The Hall–Kier alpha value is -3.03. The average Bonchev–Trinajstić information content (AvgIpc) is 3.09. The van der Waals surface area contributed by atoms with Crippen LogP contribution in [0.4, 0.5) is 0 Å². The van der Waals surface area contributed by atoms with Gasteiger partial charge in [0.25, 0.3) is 5.56 Å². The molecular formula is C17H20N4O4. The zero-order valence-electron chi connectivity index (χ0n) is 14.6. The average molecular weight is 344 g/mol. The van der Waals surface area contributed by atoms with Crippen LogP contribution in [-0.4, -0.2) is 40.4 Å². The van der Waals surface area contributed by atoms with Gasteiger partial charge in [0.2, 0.25) is 5.75 Å². The third-order valence-corrected chi connectivity index (χ3v) is 4.09. The zero-order valence-corrected chi connectivity index (χ0v) is 14.6. The molecule has 0 saturated heterocycles. The first-order valence-corrected chi connectivity index (χ1v) is 7.81. The van der Waals surface area contributed by atoms with Crippen LogP contribution in [0.2, 0.25) is 0 Å². The van der Waals surface area contributed by atoms with Crippen molar-refractivity contribution in [3.05, 3.63) is 41.0 Å². The van der Waals surface area contributed by atoms with E-state index in [-0.39, 0.29) is 5.56 Å².